The summed E-state index contributed by atoms with van der Waals surface area (Å²) in [5.41, 5.74) is -0.0450. The summed E-state index contributed by atoms with van der Waals surface area (Å²) in [4.78, 5) is 0. The van der Waals surface area contributed by atoms with Crippen molar-refractivity contribution in [1.29, 1.82) is 0 Å². The third kappa shape index (κ3) is 3.40. The number of halogens is 2. The van der Waals surface area contributed by atoms with Crippen molar-refractivity contribution in [3.8, 4) is 5.75 Å². The van der Waals surface area contributed by atoms with Gasteiger partial charge in [0.15, 0.2) is 5.79 Å². The molecule has 1 aliphatic rings. The lowest BCUT2D eigenvalue weighted by atomic mass is 10.2. The Labute approximate surface area is 105 Å². The minimum Gasteiger partial charge on any atom is -0.491 e. The van der Waals surface area contributed by atoms with Crippen LogP contribution in [0.5, 0.6) is 5.75 Å². The second-order valence-corrected chi connectivity index (χ2v) is 4.63. The Morgan fingerprint density at radius 2 is 2.22 bits per heavy atom. The highest BCUT2D eigenvalue weighted by atomic mass is 19.3. The normalized spacial score (nSPS) is 22.4. The van der Waals surface area contributed by atoms with Crippen LogP contribution in [0.3, 0.4) is 0 Å². The van der Waals surface area contributed by atoms with Crippen LogP contribution in [-0.2, 0) is 9.47 Å². The maximum absolute atomic E-state index is 12.5. The molecule has 1 aliphatic heterocycles. The summed E-state index contributed by atoms with van der Waals surface area (Å²) in [7, 11) is 0. The van der Waals surface area contributed by atoms with Gasteiger partial charge in [0, 0.05) is 5.56 Å². The van der Waals surface area contributed by atoms with Gasteiger partial charge >= 0.3 is 0 Å². The lowest BCUT2D eigenvalue weighted by molar-refractivity contribution is -0.141. The summed E-state index contributed by atoms with van der Waals surface area (Å²) in [5.74, 6) is -0.181. The maximum atomic E-state index is 12.5. The topological polar surface area (TPSA) is 27.7 Å². The van der Waals surface area contributed by atoms with Crippen molar-refractivity contribution in [2.45, 2.75) is 32.2 Å². The third-order valence-electron chi connectivity index (χ3n) is 2.61. The van der Waals surface area contributed by atoms with Crippen LogP contribution in [0.15, 0.2) is 24.3 Å². The van der Waals surface area contributed by atoms with Crippen LogP contribution in [0, 0.1) is 0 Å². The molecule has 1 atom stereocenters. The summed E-state index contributed by atoms with van der Waals surface area (Å²) >= 11 is 0. The quantitative estimate of drug-likeness (QED) is 0.830. The summed E-state index contributed by atoms with van der Waals surface area (Å²) < 4.78 is 41.3. The van der Waals surface area contributed by atoms with Gasteiger partial charge in [0.25, 0.3) is 6.43 Å². The zero-order valence-corrected chi connectivity index (χ0v) is 10.4. The van der Waals surface area contributed by atoms with Gasteiger partial charge in [-0.05, 0) is 26.0 Å². The number of rotatable bonds is 4. The van der Waals surface area contributed by atoms with E-state index in [-0.39, 0.29) is 18.3 Å². The molecule has 0 aromatic heterocycles. The molecule has 0 radical (unpaired) electrons. The van der Waals surface area contributed by atoms with Crippen LogP contribution >= 0.6 is 0 Å². The van der Waals surface area contributed by atoms with Crippen molar-refractivity contribution in [3.05, 3.63) is 29.8 Å². The first-order valence-electron chi connectivity index (χ1n) is 5.79. The highest BCUT2D eigenvalue weighted by molar-refractivity contribution is 5.29. The molecule has 18 heavy (non-hydrogen) atoms. The molecular formula is C13H16F2O3. The molecule has 2 rings (SSSR count). The molecule has 1 aromatic carbocycles. The Bertz CT molecular complexity index is 407. The molecule has 100 valence electrons. The van der Waals surface area contributed by atoms with Crippen molar-refractivity contribution in [3.63, 3.8) is 0 Å². The number of benzene rings is 1. The highest BCUT2D eigenvalue weighted by Gasteiger charge is 2.32. The first kappa shape index (κ1) is 13.2. The lowest BCUT2D eigenvalue weighted by Crippen LogP contribution is -2.25. The van der Waals surface area contributed by atoms with E-state index in [4.69, 9.17) is 14.2 Å². The minimum atomic E-state index is -2.49. The molecule has 0 saturated carbocycles. The van der Waals surface area contributed by atoms with Crippen LogP contribution in [-0.4, -0.2) is 25.1 Å². The average molecular weight is 258 g/mol. The molecule has 1 fully saturated rings. The fourth-order valence-corrected chi connectivity index (χ4v) is 1.77. The van der Waals surface area contributed by atoms with Crippen LogP contribution in [0.4, 0.5) is 8.78 Å². The predicted molar refractivity (Wildman–Crippen MR) is 61.8 cm³/mol. The van der Waals surface area contributed by atoms with Gasteiger partial charge in [-0.1, -0.05) is 12.1 Å². The van der Waals surface area contributed by atoms with E-state index in [0.717, 1.165) is 0 Å². The van der Waals surface area contributed by atoms with E-state index in [1.807, 2.05) is 13.8 Å². The zero-order valence-electron chi connectivity index (χ0n) is 10.4. The van der Waals surface area contributed by atoms with E-state index in [2.05, 4.69) is 0 Å². The van der Waals surface area contributed by atoms with Gasteiger partial charge in [-0.3, -0.25) is 0 Å². The molecule has 1 unspecified atom stereocenters. The third-order valence-corrected chi connectivity index (χ3v) is 2.61. The molecule has 3 nitrogen and oxygen atoms in total. The van der Waals surface area contributed by atoms with E-state index in [0.29, 0.717) is 12.4 Å². The molecule has 0 spiro atoms. The Morgan fingerprint density at radius 3 is 2.83 bits per heavy atom. The first-order chi connectivity index (χ1) is 8.46. The second kappa shape index (κ2) is 5.20. The summed E-state index contributed by atoms with van der Waals surface area (Å²) in [6, 6.07) is 5.90. The molecule has 0 amide bonds. The lowest BCUT2D eigenvalue weighted by Gasteiger charge is -2.17. The summed E-state index contributed by atoms with van der Waals surface area (Å²) in [5, 5.41) is 0. The number of ether oxygens (including phenoxy) is 3. The van der Waals surface area contributed by atoms with Crippen LogP contribution in [0.2, 0.25) is 0 Å². The Balaban J connectivity index is 1.89. The van der Waals surface area contributed by atoms with E-state index in [1.54, 1.807) is 12.1 Å². The average Bonchev–Trinajstić information content (AvgIpc) is 2.67. The smallest absolute Gasteiger partial charge is 0.263 e. The minimum absolute atomic E-state index is 0.0450. The standard InChI is InChI=1S/C13H16F2O3/c1-13(2)17-8-11(18-13)7-16-10-5-3-4-9(6-10)12(14)15/h3-6,11-12H,7-8H2,1-2H3. The Kier molecular flexibility index (Phi) is 3.82. The molecule has 0 bridgehead atoms. The fourth-order valence-electron chi connectivity index (χ4n) is 1.77. The Morgan fingerprint density at radius 1 is 1.44 bits per heavy atom. The monoisotopic (exact) mass is 258 g/mol. The largest absolute Gasteiger partial charge is 0.491 e. The second-order valence-electron chi connectivity index (χ2n) is 4.63. The maximum Gasteiger partial charge on any atom is 0.263 e. The van der Waals surface area contributed by atoms with E-state index < -0.39 is 12.2 Å². The van der Waals surface area contributed by atoms with Crippen LogP contribution in [0.25, 0.3) is 0 Å². The molecule has 1 saturated heterocycles. The molecule has 0 N–H and O–H groups in total. The summed E-state index contributed by atoms with van der Waals surface area (Å²) in [6.07, 6.45) is -2.66. The van der Waals surface area contributed by atoms with Gasteiger partial charge in [0.2, 0.25) is 0 Å². The van der Waals surface area contributed by atoms with Crippen molar-refractivity contribution < 1.29 is 23.0 Å². The van der Waals surface area contributed by atoms with Crippen molar-refractivity contribution in [2.75, 3.05) is 13.2 Å². The van der Waals surface area contributed by atoms with Crippen molar-refractivity contribution >= 4 is 0 Å². The van der Waals surface area contributed by atoms with E-state index >= 15 is 0 Å². The molecule has 0 aliphatic carbocycles. The molecular weight excluding hydrogens is 242 g/mol. The SMILES string of the molecule is CC1(C)OCC(COc2cccc(C(F)F)c2)O1. The van der Waals surface area contributed by atoms with Gasteiger partial charge in [-0.2, -0.15) is 0 Å². The summed E-state index contributed by atoms with van der Waals surface area (Å²) in [6.45, 7) is 4.38. The number of hydrogen-bond acceptors (Lipinski definition) is 3. The van der Waals surface area contributed by atoms with E-state index in [9.17, 15) is 8.78 Å². The van der Waals surface area contributed by atoms with Crippen LogP contribution < -0.4 is 4.74 Å². The van der Waals surface area contributed by atoms with E-state index in [1.165, 1.54) is 12.1 Å². The number of alkyl halides is 2. The molecule has 5 heteroatoms. The van der Waals surface area contributed by atoms with Crippen molar-refractivity contribution in [1.82, 2.24) is 0 Å². The van der Waals surface area contributed by atoms with Gasteiger partial charge in [-0.15, -0.1) is 0 Å². The highest BCUT2D eigenvalue weighted by Crippen LogP contribution is 2.25. The predicted octanol–water partition coefficient (Wildman–Crippen LogP) is 3.15. The molecule has 1 aromatic rings. The fraction of sp³-hybridized carbons (Fsp3) is 0.538. The van der Waals surface area contributed by atoms with Crippen LogP contribution in [0.1, 0.15) is 25.8 Å². The van der Waals surface area contributed by atoms with Gasteiger partial charge in [0.05, 0.1) is 6.61 Å². The van der Waals surface area contributed by atoms with Gasteiger partial charge in [-0.25, -0.2) is 8.78 Å². The van der Waals surface area contributed by atoms with Gasteiger partial charge in [0.1, 0.15) is 18.5 Å². The van der Waals surface area contributed by atoms with Crippen molar-refractivity contribution in [2.24, 2.45) is 0 Å². The number of hydrogen-bond donors (Lipinski definition) is 0. The van der Waals surface area contributed by atoms with Gasteiger partial charge < -0.3 is 14.2 Å². The zero-order chi connectivity index (χ0) is 13.2. The Hall–Kier alpha value is -1.20. The first-order valence-corrected chi connectivity index (χ1v) is 5.79. The molecule has 1 heterocycles.